The summed E-state index contributed by atoms with van der Waals surface area (Å²) in [5.41, 5.74) is 1.96. The molecule has 0 aliphatic carbocycles. The lowest BCUT2D eigenvalue weighted by Crippen LogP contribution is -2.20. The first kappa shape index (κ1) is 12.7. The van der Waals surface area contributed by atoms with Gasteiger partial charge in [0.2, 0.25) is 0 Å². The number of pyridine rings is 1. The number of aromatic nitrogens is 1. The summed E-state index contributed by atoms with van der Waals surface area (Å²) in [7, 11) is 1.66. The fourth-order valence-electron chi connectivity index (χ4n) is 2.73. The predicted molar refractivity (Wildman–Crippen MR) is 79.1 cm³/mol. The van der Waals surface area contributed by atoms with Gasteiger partial charge in [-0.2, -0.15) is 5.26 Å². The molecule has 1 aromatic heterocycles. The number of benzene rings is 1. The third kappa shape index (κ3) is 2.27. The fraction of sp³-hybridized carbons (Fsp3) is 0.375. The highest BCUT2D eigenvalue weighted by molar-refractivity contribution is 5.83. The van der Waals surface area contributed by atoms with Crippen molar-refractivity contribution in [2.75, 3.05) is 25.1 Å². The molecule has 3 rings (SSSR count). The van der Waals surface area contributed by atoms with E-state index in [0.717, 1.165) is 41.1 Å². The Morgan fingerprint density at radius 2 is 2.10 bits per heavy atom. The lowest BCUT2D eigenvalue weighted by molar-refractivity contribution is 0.415. The van der Waals surface area contributed by atoms with Crippen molar-refractivity contribution in [3.63, 3.8) is 0 Å². The van der Waals surface area contributed by atoms with Crippen LogP contribution in [-0.2, 0) is 6.42 Å². The van der Waals surface area contributed by atoms with Gasteiger partial charge in [0.1, 0.15) is 11.6 Å². The smallest absolute Gasteiger partial charge is 0.133 e. The van der Waals surface area contributed by atoms with Crippen LogP contribution in [-0.4, -0.2) is 25.2 Å². The number of nitrogens with zero attached hydrogens (tertiary/aromatic N) is 3. The van der Waals surface area contributed by atoms with E-state index in [1.54, 1.807) is 7.11 Å². The molecule has 0 radical (unpaired) electrons. The van der Waals surface area contributed by atoms with Crippen LogP contribution in [0.1, 0.15) is 18.4 Å². The Kier molecular flexibility index (Phi) is 3.42. The van der Waals surface area contributed by atoms with Gasteiger partial charge in [0.25, 0.3) is 0 Å². The Hall–Kier alpha value is -2.28. The van der Waals surface area contributed by atoms with E-state index < -0.39 is 0 Å². The number of hydrogen-bond donors (Lipinski definition) is 0. The maximum atomic E-state index is 9.04. The van der Waals surface area contributed by atoms with Crippen LogP contribution in [0.4, 0.5) is 5.82 Å². The number of nitriles is 1. The minimum Gasteiger partial charge on any atom is -0.497 e. The molecule has 1 aliphatic rings. The lowest BCUT2D eigenvalue weighted by atomic mass is 10.1. The normalized spacial score (nSPS) is 14.5. The number of fused-ring (bicyclic) bond motifs is 1. The second-order valence-electron chi connectivity index (χ2n) is 5.06. The third-order valence-corrected chi connectivity index (χ3v) is 3.75. The van der Waals surface area contributed by atoms with Gasteiger partial charge in [0, 0.05) is 24.0 Å². The van der Waals surface area contributed by atoms with E-state index in [1.165, 1.54) is 12.8 Å². The zero-order valence-corrected chi connectivity index (χ0v) is 11.6. The molecule has 0 atom stereocenters. The lowest BCUT2D eigenvalue weighted by Gasteiger charge is -2.20. The average Bonchev–Trinajstić information content (AvgIpc) is 3.00. The van der Waals surface area contributed by atoms with Crippen molar-refractivity contribution in [3.8, 4) is 11.8 Å². The average molecular weight is 267 g/mol. The summed E-state index contributed by atoms with van der Waals surface area (Å²) in [6, 6.07) is 10.2. The molecule has 0 unspecified atom stereocenters. The minimum absolute atomic E-state index is 0.395. The number of hydrogen-bond acceptors (Lipinski definition) is 4. The summed E-state index contributed by atoms with van der Waals surface area (Å²) in [5.74, 6) is 1.79. The quantitative estimate of drug-likeness (QED) is 0.858. The van der Waals surface area contributed by atoms with Crippen molar-refractivity contribution in [1.82, 2.24) is 4.98 Å². The fourth-order valence-corrected chi connectivity index (χ4v) is 2.73. The zero-order valence-electron chi connectivity index (χ0n) is 11.6. The van der Waals surface area contributed by atoms with Gasteiger partial charge in [0.05, 0.1) is 25.1 Å². The number of methoxy groups -OCH3 is 1. The van der Waals surface area contributed by atoms with Gasteiger partial charge in [-0.3, -0.25) is 0 Å². The van der Waals surface area contributed by atoms with Crippen molar-refractivity contribution in [3.05, 3.63) is 29.8 Å². The third-order valence-electron chi connectivity index (χ3n) is 3.75. The number of anilines is 1. The van der Waals surface area contributed by atoms with Crippen molar-refractivity contribution in [2.45, 2.75) is 19.3 Å². The van der Waals surface area contributed by atoms with Crippen molar-refractivity contribution < 1.29 is 4.74 Å². The highest BCUT2D eigenvalue weighted by Gasteiger charge is 2.18. The Labute approximate surface area is 118 Å². The van der Waals surface area contributed by atoms with Gasteiger partial charge in [-0.1, -0.05) is 0 Å². The topological polar surface area (TPSA) is 49.1 Å². The summed E-state index contributed by atoms with van der Waals surface area (Å²) >= 11 is 0. The molecule has 1 aromatic carbocycles. The van der Waals surface area contributed by atoms with Gasteiger partial charge in [0.15, 0.2) is 0 Å². The van der Waals surface area contributed by atoms with Crippen LogP contribution in [0.2, 0.25) is 0 Å². The second-order valence-corrected chi connectivity index (χ2v) is 5.06. The summed E-state index contributed by atoms with van der Waals surface area (Å²) in [6.07, 6.45) is 2.80. The van der Waals surface area contributed by atoms with Gasteiger partial charge in [-0.15, -0.1) is 0 Å². The summed E-state index contributed by atoms with van der Waals surface area (Å²) in [4.78, 5) is 7.06. The van der Waals surface area contributed by atoms with Gasteiger partial charge < -0.3 is 9.64 Å². The summed E-state index contributed by atoms with van der Waals surface area (Å²) < 4.78 is 5.25. The second kappa shape index (κ2) is 5.38. The first-order valence-electron chi connectivity index (χ1n) is 6.91. The van der Waals surface area contributed by atoms with Crippen LogP contribution in [0, 0.1) is 11.3 Å². The van der Waals surface area contributed by atoms with Crippen LogP contribution in [0.5, 0.6) is 5.75 Å². The first-order valence-corrected chi connectivity index (χ1v) is 6.91. The summed E-state index contributed by atoms with van der Waals surface area (Å²) in [5, 5.41) is 10.1. The minimum atomic E-state index is 0.395. The number of ether oxygens (including phenoxy) is 1. The highest BCUT2D eigenvalue weighted by Crippen LogP contribution is 2.28. The first-order chi connectivity index (χ1) is 9.81. The van der Waals surface area contributed by atoms with Crippen molar-refractivity contribution >= 4 is 16.7 Å². The maximum Gasteiger partial charge on any atom is 0.133 e. The molecule has 4 nitrogen and oxygen atoms in total. The SMILES string of the molecule is COc1ccc2nc(N3CCCC3)c(CC#N)cc2c1. The Morgan fingerprint density at radius 1 is 1.30 bits per heavy atom. The van der Waals surface area contributed by atoms with Crippen LogP contribution < -0.4 is 9.64 Å². The van der Waals surface area contributed by atoms with Crippen molar-refractivity contribution in [2.24, 2.45) is 0 Å². The maximum absolute atomic E-state index is 9.04. The molecular weight excluding hydrogens is 250 g/mol. The van der Waals surface area contributed by atoms with Crippen LogP contribution in [0.3, 0.4) is 0 Å². The highest BCUT2D eigenvalue weighted by atomic mass is 16.5. The molecular formula is C16H17N3O. The molecule has 1 fully saturated rings. The Bertz CT molecular complexity index is 669. The number of rotatable bonds is 3. The molecule has 0 N–H and O–H groups in total. The predicted octanol–water partition coefficient (Wildman–Crippen LogP) is 2.91. The molecule has 0 amide bonds. The molecule has 102 valence electrons. The molecule has 1 saturated heterocycles. The monoisotopic (exact) mass is 267 g/mol. The molecule has 2 aromatic rings. The Balaban J connectivity index is 2.12. The van der Waals surface area contributed by atoms with E-state index in [2.05, 4.69) is 17.0 Å². The van der Waals surface area contributed by atoms with Crippen LogP contribution in [0.25, 0.3) is 10.9 Å². The standard InChI is InChI=1S/C16H17N3O/c1-20-14-4-5-15-13(11-14)10-12(6-7-17)16(18-15)19-8-2-3-9-19/h4-5,10-11H,2-3,6,8-9H2,1H3. The van der Waals surface area contributed by atoms with Gasteiger partial charge in [-0.25, -0.2) is 4.98 Å². The molecule has 0 bridgehead atoms. The van der Waals surface area contributed by atoms with E-state index in [0.29, 0.717) is 6.42 Å². The molecule has 2 heterocycles. The van der Waals surface area contributed by atoms with Gasteiger partial charge >= 0.3 is 0 Å². The van der Waals surface area contributed by atoms with E-state index >= 15 is 0 Å². The van der Waals surface area contributed by atoms with E-state index in [9.17, 15) is 0 Å². The molecule has 0 saturated carbocycles. The van der Waals surface area contributed by atoms with Crippen molar-refractivity contribution in [1.29, 1.82) is 5.26 Å². The van der Waals surface area contributed by atoms with Crippen LogP contribution in [0.15, 0.2) is 24.3 Å². The van der Waals surface area contributed by atoms with Crippen LogP contribution >= 0.6 is 0 Å². The van der Waals surface area contributed by atoms with Gasteiger partial charge in [-0.05, 0) is 37.1 Å². The summed E-state index contributed by atoms with van der Waals surface area (Å²) in [6.45, 7) is 2.07. The Morgan fingerprint density at radius 3 is 2.80 bits per heavy atom. The molecule has 1 aliphatic heterocycles. The van der Waals surface area contributed by atoms with E-state index in [-0.39, 0.29) is 0 Å². The van der Waals surface area contributed by atoms with E-state index in [1.807, 2.05) is 18.2 Å². The molecule has 0 spiro atoms. The molecule has 4 heteroatoms. The zero-order chi connectivity index (χ0) is 13.9. The van der Waals surface area contributed by atoms with E-state index in [4.69, 9.17) is 15.0 Å². The largest absolute Gasteiger partial charge is 0.497 e. The molecule has 20 heavy (non-hydrogen) atoms.